The van der Waals surface area contributed by atoms with E-state index in [2.05, 4.69) is 36.1 Å². The summed E-state index contributed by atoms with van der Waals surface area (Å²) in [6, 6.07) is 18.8. The molecule has 4 aromatic rings. The summed E-state index contributed by atoms with van der Waals surface area (Å²) in [5.74, 6) is 2.02. The van der Waals surface area contributed by atoms with E-state index in [1.165, 1.54) is 4.88 Å². The summed E-state index contributed by atoms with van der Waals surface area (Å²) < 4.78 is 11.8. The first-order chi connectivity index (χ1) is 21.3. The lowest BCUT2D eigenvalue weighted by atomic mass is 10.1. The van der Waals surface area contributed by atoms with Gasteiger partial charge in [-0.3, -0.25) is 9.78 Å². The second kappa shape index (κ2) is 16.4. The SMILES string of the molecule is Cc1nc(-c2ccc(OCCCCCOc3ccc(/C(N)=N/O)cc3)cc2)c(CCN(CC(C)C)C(=O)c2cccnc2)s1. The van der Waals surface area contributed by atoms with Crippen molar-refractivity contribution in [2.45, 2.75) is 46.5 Å². The minimum absolute atomic E-state index is 0.00927. The third-order valence-electron chi connectivity index (χ3n) is 6.91. The number of hydrogen-bond donors (Lipinski definition) is 2. The molecule has 2 aromatic heterocycles. The number of carbonyl (C=O) groups is 1. The van der Waals surface area contributed by atoms with Crippen molar-refractivity contribution in [3.8, 4) is 22.8 Å². The van der Waals surface area contributed by atoms with Crippen molar-refractivity contribution in [1.29, 1.82) is 0 Å². The molecule has 1 amide bonds. The lowest BCUT2D eigenvalue weighted by Gasteiger charge is -2.24. The zero-order valence-corrected chi connectivity index (χ0v) is 26.4. The van der Waals surface area contributed by atoms with Crippen LogP contribution in [0, 0.1) is 12.8 Å². The second-order valence-electron chi connectivity index (χ2n) is 10.9. The lowest BCUT2D eigenvalue weighted by Crippen LogP contribution is -2.36. The van der Waals surface area contributed by atoms with Crippen LogP contribution in [-0.2, 0) is 6.42 Å². The molecule has 0 saturated carbocycles. The monoisotopic (exact) mass is 615 g/mol. The van der Waals surface area contributed by atoms with Crippen LogP contribution in [0.3, 0.4) is 0 Å². The predicted molar refractivity (Wildman–Crippen MR) is 175 cm³/mol. The van der Waals surface area contributed by atoms with E-state index in [1.807, 2.05) is 42.2 Å². The zero-order chi connectivity index (χ0) is 31.3. The van der Waals surface area contributed by atoms with Crippen molar-refractivity contribution in [2.24, 2.45) is 16.8 Å². The largest absolute Gasteiger partial charge is 0.494 e. The Morgan fingerprint density at radius 2 is 1.64 bits per heavy atom. The van der Waals surface area contributed by atoms with E-state index < -0.39 is 0 Å². The number of oxime groups is 1. The normalized spacial score (nSPS) is 11.5. The van der Waals surface area contributed by atoms with E-state index in [9.17, 15) is 4.79 Å². The maximum absolute atomic E-state index is 13.2. The van der Waals surface area contributed by atoms with E-state index in [0.717, 1.165) is 53.4 Å². The van der Waals surface area contributed by atoms with Gasteiger partial charge in [-0.05, 0) is 92.8 Å². The molecule has 3 N–H and O–H groups in total. The number of amidine groups is 1. The Kier molecular flexibility index (Phi) is 12.1. The van der Waals surface area contributed by atoms with Crippen LogP contribution in [0.15, 0.2) is 78.2 Å². The Bertz CT molecular complexity index is 1490. The van der Waals surface area contributed by atoms with Crippen molar-refractivity contribution in [3.63, 3.8) is 0 Å². The summed E-state index contributed by atoms with van der Waals surface area (Å²) in [6.07, 6.45) is 6.87. The van der Waals surface area contributed by atoms with Crippen LogP contribution >= 0.6 is 11.3 Å². The maximum atomic E-state index is 13.2. The van der Waals surface area contributed by atoms with E-state index >= 15 is 0 Å². The van der Waals surface area contributed by atoms with Gasteiger partial charge in [0, 0.05) is 47.9 Å². The molecular formula is C34H41N5O4S. The Labute approximate surface area is 263 Å². The van der Waals surface area contributed by atoms with Gasteiger partial charge in [0.1, 0.15) is 11.5 Å². The lowest BCUT2D eigenvalue weighted by molar-refractivity contribution is 0.0738. The minimum Gasteiger partial charge on any atom is -0.494 e. The first-order valence-electron chi connectivity index (χ1n) is 14.9. The van der Waals surface area contributed by atoms with Crippen molar-refractivity contribution in [3.05, 3.63) is 94.1 Å². The average molecular weight is 616 g/mol. The van der Waals surface area contributed by atoms with Gasteiger partial charge in [-0.15, -0.1) is 11.3 Å². The molecule has 9 nitrogen and oxygen atoms in total. The Hall–Kier alpha value is -4.44. The fraction of sp³-hybridized carbons (Fsp3) is 0.353. The molecule has 0 radical (unpaired) electrons. The highest BCUT2D eigenvalue weighted by Gasteiger charge is 2.19. The van der Waals surface area contributed by atoms with Crippen LogP contribution in [-0.4, -0.2) is 58.1 Å². The number of aryl methyl sites for hydroxylation is 1. The topological polar surface area (TPSA) is 123 Å². The molecule has 4 rings (SSSR count). The zero-order valence-electron chi connectivity index (χ0n) is 25.6. The van der Waals surface area contributed by atoms with Crippen molar-refractivity contribution >= 4 is 23.1 Å². The molecule has 10 heteroatoms. The summed E-state index contributed by atoms with van der Waals surface area (Å²) >= 11 is 1.68. The van der Waals surface area contributed by atoms with Crippen molar-refractivity contribution in [1.82, 2.24) is 14.9 Å². The number of unbranched alkanes of at least 4 members (excludes halogenated alkanes) is 2. The highest BCUT2D eigenvalue weighted by atomic mass is 32.1. The number of pyridine rings is 1. The predicted octanol–water partition coefficient (Wildman–Crippen LogP) is 6.58. The molecule has 0 spiro atoms. The fourth-order valence-electron chi connectivity index (χ4n) is 4.74. The first kappa shape index (κ1) is 32.5. The van der Waals surface area contributed by atoms with Gasteiger partial charge in [0.25, 0.3) is 5.91 Å². The standard InChI is InChI=1S/C34H41N5O4S/c1-24(2)23-39(34(40)28-8-7-18-36-22-28)19-17-31-32(37-25(3)44-31)26-9-13-29(14-10-26)42-20-5-4-6-21-43-30-15-11-27(12-16-30)33(35)38-41/h7-16,18,22,24,41H,4-6,17,19-21,23H2,1-3H3,(H2,35,38). The number of thiazole rings is 1. The van der Waals surface area contributed by atoms with Crippen LogP contribution in [0.4, 0.5) is 0 Å². The van der Waals surface area contributed by atoms with Crippen LogP contribution < -0.4 is 15.2 Å². The summed E-state index contributed by atoms with van der Waals surface area (Å²) in [5.41, 5.74) is 8.85. The van der Waals surface area contributed by atoms with Gasteiger partial charge < -0.3 is 25.3 Å². The molecule has 0 unspecified atom stereocenters. The summed E-state index contributed by atoms with van der Waals surface area (Å²) in [4.78, 5) is 25.2. The molecule has 44 heavy (non-hydrogen) atoms. The highest BCUT2D eigenvalue weighted by Crippen LogP contribution is 2.30. The molecule has 0 fully saturated rings. The summed E-state index contributed by atoms with van der Waals surface area (Å²) in [5, 5.41) is 12.7. The molecular weight excluding hydrogens is 574 g/mol. The summed E-state index contributed by atoms with van der Waals surface area (Å²) in [6.45, 7) is 8.82. The van der Waals surface area contributed by atoms with Gasteiger partial charge in [-0.2, -0.15) is 0 Å². The van der Waals surface area contributed by atoms with E-state index in [-0.39, 0.29) is 11.7 Å². The molecule has 232 valence electrons. The minimum atomic E-state index is 0.00927. The molecule has 0 saturated heterocycles. The van der Waals surface area contributed by atoms with Crippen molar-refractivity contribution < 1.29 is 19.5 Å². The maximum Gasteiger partial charge on any atom is 0.255 e. The van der Waals surface area contributed by atoms with Crippen LogP contribution in [0.5, 0.6) is 11.5 Å². The number of carbonyl (C=O) groups excluding carboxylic acids is 1. The van der Waals surface area contributed by atoms with E-state index in [0.29, 0.717) is 43.3 Å². The second-order valence-corrected chi connectivity index (χ2v) is 12.2. The number of ether oxygens (including phenoxy) is 2. The quantitative estimate of drug-likeness (QED) is 0.0480. The Morgan fingerprint density at radius 3 is 2.23 bits per heavy atom. The van der Waals surface area contributed by atoms with Gasteiger partial charge in [-0.1, -0.05) is 19.0 Å². The number of benzene rings is 2. The Morgan fingerprint density at radius 1 is 0.977 bits per heavy atom. The molecule has 0 atom stereocenters. The van der Waals surface area contributed by atoms with Gasteiger partial charge in [0.2, 0.25) is 0 Å². The van der Waals surface area contributed by atoms with Gasteiger partial charge >= 0.3 is 0 Å². The van der Waals surface area contributed by atoms with E-state index in [1.54, 1.807) is 41.9 Å². The van der Waals surface area contributed by atoms with Gasteiger partial charge in [0.05, 0.1) is 29.5 Å². The number of amides is 1. The van der Waals surface area contributed by atoms with E-state index in [4.69, 9.17) is 25.4 Å². The smallest absolute Gasteiger partial charge is 0.255 e. The third kappa shape index (κ3) is 9.54. The number of rotatable bonds is 16. The average Bonchev–Trinajstić information content (AvgIpc) is 3.42. The molecule has 2 aromatic carbocycles. The van der Waals surface area contributed by atoms with Gasteiger partial charge in [-0.25, -0.2) is 4.98 Å². The van der Waals surface area contributed by atoms with Crippen molar-refractivity contribution in [2.75, 3.05) is 26.3 Å². The Balaban J connectivity index is 1.23. The molecule has 2 heterocycles. The summed E-state index contributed by atoms with van der Waals surface area (Å²) in [7, 11) is 0. The van der Waals surface area contributed by atoms with Gasteiger partial charge in [0.15, 0.2) is 5.84 Å². The van der Waals surface area contributed by atoms with Crippen LogP contribution in [0.25, 0.3) is 11.3 Å². The number of hydrogen-bond acceptors (Lipinski definition) is 8. The number of nitrogens with zero attached hydrogens (tertiary/aromatic N) is 4. The van der Waals surface area contributed by atoms with Crippen LogP contribution in [0.2, 0.25) is 0 Å². The molecule has 0 aliphatic heterocycles. The third-order valence-corrected chi connectivity index (χ3v) is 7.94. The molecule has 0 aliphatic carbocycles. The first-order valence-corrected chi connectivity index (χ1v) is 15.7. The molecule has 0 bridgehead atoms. The fourth-order valence-corrected chi connectivity index (χ4v) is 5.69. The highest BCUT2D eigenvalue weighted by molar-refractivity contribution is 7.12. The number of aromatic nitrogens is 2. The van der Waals surface area contributed by atoms with Crippen LogP contribution in [0.1, 0.15) is 58.9 Å². The molecule has 0 aliphatic rings. The number of nitrogens with two attached hydrogens (primary N) is 1.